The Balaban J connectivity index is 1.14. The number of nitrogens with one attached hydrogen (secondary N) is 1. The molecule has 72 heavy (non-hydrogen) atoms. The summed E-state index contributed by atoms with van der Waals surface area (Å²) in [5.41, 5.74) is 22.7. The van der Waals surface area contributed by atoms with Gasteiger partial charge < -0.3 is 10.2 Å². The molecule has 0 saturated heterocycles. The van der Waals surface area contributed by atoms with E-state index in [0.29, 0.717) is 0 Å². The predicted octanol–water partition coefficient (Wildman–Crippen LogP) is 18.4. The van der Waals surface area contributed by atoms with E-state index in [2.05, 4.69) is 209 Å². The second kappa shape index (κ2) is 15.4. The van der Waals surface area contributed by atoms with Crippen molar-refractivity contribution in [3.8, 4) is 11.1 Å². The average molecular weight is 979 g/mol. The van der Waals surface area contributed by atoms with Gasteiger partial charge in [0.25, 0.3) is 0 Å². The Morgan fingerprint density at radius 1 is 0.444 bits per heavy atom. The maximum absolute atomic E-state index is 4.24. The minimum Gasteiger partial charge on any atom is -0.355 e. The molecule has 7 aromatic carbocycles. The van der Waals surface area contributed by atoms with E-state index in [1.165, 1.54) is 162 Å². The van der Waals surface area contributed by atoms with Crippen LogP contribution < -0.4 is 21.1 Å². The van der Waals surface area contributed by atoms with Crippen molar-refractivity contribution >= 4 is 110 Å². The molecule has 0 unspecified atom stereocenters. The summed E-state index contributed by atoms with van der Waals surface area (Å²) in [6.45, 7) is 32.0. The third kappa shape index (κ3) is 6.91. The Bertz CT molecular complexity index is 3790. The van der Waals surface area contributed by atoms with Gasteiger partial charge in [-0.1, -0.05) is 137 Å². The average Bonchev–Trinajstić information content (AvgIpc) is 3.89. The van der Waals surface area contributed by atoms with E-state index >= 15 is 0 Å². The molecule has 13 rings (SSSR count). The minimum atomic E-state index is 0.0328. The lowest BCUT2D eigenvalue weighted by molar-refractivity contribution is 0.332. The summed E-state index contributed by atoms with van der Waals surface area (Å²) < 4.78 is 5.44. The zero-order valence-corrected chi connectivity index (χ0v) is 46.7. The van der Waals surface area contributed by atoms with Gasteiger partial charge in [-0.05, 0) is 189 Å². The molecule has 0 amide bonds. The van der Waals surface area contributed by atoms with Crippen LogP contribution in [0.5, 0.6) is 0 Å². The predicted molar refractivity (Wildman–Crippen MR) is 319 cm³/mol. The fourth-order valence-electron chi connectivity index (χ4n) is 14.0. The van der Waals surface area contributed by atoms with Crippen LogP contribution in [0.25, 0.3) is 51.5 Å². The summed E-state index contributed by atoms with van der Waals surface area (Å²) in [5, 5.41) is 9.62. The number of thiophene rings is 2. The Morgan fingerprint density at radius 3 is 1.61 bits per heavy atom. The van der Waals surface area contributed by atoms with E-state index in [9.17, 15) is 0 Å². The van der Waals surface area contributed by atoms with Crippen molar-refractivity contribution in [1.29, 1.82) is 0 Å². The van der Waals surface area contributed by atoms with Crippen LogP contribution in [0.1, 0.15) is 161 Å². The van der Waals surface area contributed by atoms with Gasteiger partial charge in [-0.25, -0.2) is 0 Å². The van der Waals surface area contributed by atoms with E-state index in [1.54, 1.807) is 0 Å². The molecule has 3 heterocycles. The highest BCUT2D eigenvalue weighted by atomic mass is 32.1. The van der Waals surface area contributed by atoms with E-state index in [1.807, 2.05) is 22.7 Å². The van der Waals surface area contributed by atoms with E-state index in [-0.39, 0.29) is 32.5 Å². The molecule has 364 valence electrons. The van der Waals surface area contributed by atoms with Gasteiger partial charge in [-0.15, -0.1) is 22.7 Å². The lowest BCUT2D eigenvalue weighted by Crippen LogP contribution is -2.41. The van der Waals surface area contributed by atoms with Gasteiger partial charge in [0.05, 0.1) is 10.4 Å². The summed E-state index contributed by atoms with van der Waals surface area (Å²) in [7, 11) is 0.848. The Morgan fingerprint density at radius 2 is 0.972 bits per heavy atom. The van der Waals surface area contributed by atoms with Crippen LogP contribution in [-0.4, -0.2) is 7.28 Å². The van der Waals surface area contributed by atoms with Crippen LogP contribution >= 0.6 is 22.7 Å². The number of nitrogens with zero attached hydrogens (tertiary/aromatic N) is 1. The van der Waals surface area contributed by atoms with Crippen LogP contribution in [0.15, 0.2) is 109 Å². The number of rotatable bonds is 4. The first kappa shape index (κ1) is 46.4. The van der Waals surface area contributed by atoms with Crippen molar-refractivity contribution in [3.63, 3.8) is 0 Å². The molecular weight excluding hydrogens is 908 g/mol. The fraction of sp³-hybridized carbons (Fsp3) is 0.373. The monoisotopic (exact) mass is 979 g/mol. The first-order valence-corrected chi connectivity index (χ1v) is 28.6. The molecule has 0 fully saturated rings. The molecule has 3 aliphatic carbocycles. The van der Waals surface area contributed by atoms with Crippen LogP contribution in [0.3, 0.4) is 0 Å². The summed E-state index contributed by atoms with van der Waals surface area (Å²) in [6, 6.07) is 43.8. The number of aryl methyl sites for hydroxylation is 1. The molecule has 1 aliphatic heterocycles. The number of fused-ring (bicyclic) bond motifs is 12. The SMILES string of the molecule is Cc1cc2c(cc1N1c3cc4c(cc3Bc3c(-c5cc6c(cc5Nc5ccc7c(c5)C(C)(C)CCC7(C)C)C(C)(C)CCC6(C)C)cc5c(sc6ccccc65)c31)sc1ccccc14)C(C)(C)CCC2(C)C. The van der Waals surface area contributed by atoms with Gasteiger partial charge >= 0.3 is 0 Å². The van der Waals surface area contributed by atoms with Crippen molar-refractivity contribution < 1.29 is 0 Å². The van der Waals surface area contributed by atoms with Crippen molar-refractivity contribution in [3.05, 3.63) is 148 Å². The van der Waals surface area contributed by atoms with Crippen molar-refractivity contribution in [1.82, 2.24) is 0 Å². The van der Waals surface area contributed by atoms with E-state index in [4.69, 9.17) is 0 Å². The molecule has 2 nitrogen and oxygen atoms in total. The maximum Gasteiger partial charge on any atom is 0.198 e. The quantitative estimate of drug-likeness (QED) is 0.177. The summed E-state index contributed by atoms with van der Waals surface area (Å²) in [6.07, 6.45) is 7.10. The highest BCUT2D eigenvalue weighted by Crippen LogP contribution is 2.55. The van der Waals surface area contributed by atoms with Gasteiger partial charge in [0.15, 0.2) is 7.28 Å². The number of anilines is 5. The van der Waals surface area contributed by atoms with Crippen molar-refractivity contribution in [2.75, 3.05) is 10.2 Å². The number of hydrogen-bond donors (Lipinski definition) is 1. The van der Waals surface area contributed by atoms with Crippen molar-refractivity contribution in [2.45, 2.75) is 161 Å². The Hall–Kier alpha value is -5.36. The molecule has 0 bridgehead atoms. The molecule has 0 radical (unpaired) electrons. The Kier molecular flexibility index (Phi) is 9.91. The molecule has 0 spiro atoms. The van der Waals surface area contributed by atoms with Gasteiger partial charge in [-0.2, -0.15) is 0 Å². The molecular formula is C67H71BN2S2. The topological polar surface area (TPSA) is 15.3 Å². The van der Waals surface area contributed by atoms with Crippen LogP contribution in [0.2, 0.25) is 0 Å². The normalized spacial score (nSPS) is 19.6. The Labute approximate surface area is 437 Å². The molecule has 2 aromatic heterocycles. The van der Waals surface area contributed by atoms with Crippen LogP contribution in [0, 0.1) is 6.92 Å². The molecule has 5 heteroatoms. The number of hydrogen-bond acceptors (Lipinski definition) is 4. The van der Waals surface area contributed by atoms with Crippen LogP contribution in [0.4, 0.5) is 28.4 Å². The highest BCUT2D eigenvalue weighted by molar-refractivity contribution is 7.27. The standard InChI is InChI=1S/C67H71BN2S2/c1-38-30-47-51(67(12,13)29-26-63(47,4)5)36-54(38)70-55-34-43-40-18-14-16-20-56(40)71-58(43)37-52(55)68-59-44(32-45-41-19-15-17-21-57(41)72-61(45)60(59)70)42-33-49-50(66(10,11)28-27-65(49,8)9)35-53(42)69-39-22-23-46-48(31-39)64(6,7)25-24-62(46,2)3/h14-23,30-37,68-69H,24-29H2,1-13H3. The first-order chi connectivity index (χ1) is 34.0. The van der Waals surface area contributed by atoms with E-state index in [0.717, 1.165) is 13.7 Å². The van der Waals surface area contributed by atoms with Gasteiger partial charge in [0, 0.05) is 64.0 Å². The van der Waals surface area contributed by atoms with Gasteiger partial charge in [0.2, 0.25) is 0 Å². The summed E-state index contributed by atoms with van der Waals surface area (Å²) >= 11 is 3.92. The van der Waals surface area contributed by atoms with Gasteiger partial charge in [-0.3, -0.25) is 0 Å². The fourth-order valence-corrected chi connectivity index (χ4v) is 16.4. The highest BCUT2D eigenvalue weighted by Gasteiger charge is 2.42. The van der Waals surface area contributed by atoms with E-state index < -0.39 is 0 Å². The van der Waals surface area contributed by atoms with Crippen LogP contribution in [-0.2, 0) is 32.5 Å². The smallest absolute Gasteiger partial charge is 0.198 e. The van der Waals surface area contributed by atoms with Gasteiger partial charge in [0.1, 0.15) is 0 Å². The zero-order chi connectivity index (χ0) is 50.2. The molecule has 1 N–H and O–H groups in total. The lowest BCUT2D eigenvalue weighted by Gasteiger charge is -2.44. The zero-order valence-electron chi connectivity index (χ0n) is 45.1. The van der Waals surface area contributed by atoms with Crippen molar-refractivity contribution in [2.24, 2.45) is 0 Å². The summed E-state index contributed by atoms with van der Waals surface area (Å²) in [5.74, 6) is 0. The first-order valence-electron chi connectivity index (χ1n) is 27.0. The maximum atomic E-state index is 4.24. The third-order valence-electron chi connectivity index (χ3n) is 19.0. The minimum absolute atomic E-state index is 0.0328. The molecule has 0 atom stereocenters. The second-order valence-corrected chi connectivity index (χ2v) is 28.8. The summed E-state index contributed by atoms with van der Waals surface area (Å²) in [4.78, 5) is 2.76. The molecule has 9 aromatic rings. The largest absolute Gasteiger partial charge is 0.355 e. The third-order valence-corrected chi connectivity index (χ3v) is 21.3. The molecule has 4 aliphatic rings. The molecule has 0 saturated carbocycles. The number of benzene rings is 7. The lowest BCUT2D eigenvalue weighted by atomic mass is 9.57. The second-order valence-electron chi connectivity index (χ2n) is 26.6.